The Bertz CT molecular complexity index is 3930. The maximum atomic E-state index is 2.53. The van der Waals surface area contributed by atoms with Crippen LogP contribution in [0.15, 0.2) is 261 Å². The van der Waals surface area contributed by atoms with Crippen LogP contribution in [-0.2, 0) is 6.42 Å². The van der Waals surface area contributed by atoms with Crippen LogP contribution in [0.4, 0.5) is 17.1 Å². The van der Waals surface area contributed by atoms with E-state index >= 15 is 0 Å². The van der Waals surface area contributed by atoms with Crippen molar-refractivity contribution in [2.24, 2.45) is 0 Å². The van der Waals surface area contributed by atoms with Crippen molar-refractivity contribution in [2.45, 2.75) is 12.8 Å². The highest BCUT2D eigenvalue weighted by molar-refractivity contribution is 6.14. The van der Waals surface area contributed by atoms with Gasteiger partial charge in [-0.15, -0.1) is 0 Å². The smallest absolute Gasteiger partial charge is 0.0540 e. The first-order valence-corrected chi connectivity index (χ1v) is 24.4. The minimum atomic E-state index is 0.992. The number of allylic oxidation sites excluding steroid dienone is 1. The van der Waals surface area contributed by atoms with Gasteiger partial charge in [0.15, 0.2) is 0 Å². The van der Waals surface area contributed by atoms with Crippen LogP contribution < -0.4 is 4.90 Å². The lowest BCUT2D eigenvalue weighted by Crippen LogP contribution is -2.11. The van der Waals surface area contributed by atoms with E-state index in [-0.39, 0.29) is 0 Å². The number of rotatable bonds is 9. The first kappa shape index (κ1) is 41.2. The summed E-state index contributed by atoms with van der Waals surface area (Å²) in [6.45, 7) is 0. The van der Waals surface area contributed by atoms with E-state index in [4.69, 9.17) is 0 Å². The summed E-state index contributed by atoms with van der Waals surface area (Å²) < 4.78 is 2.53. The van der Waals surface area contributed by atoms with Crippen molar-refractivity contribution >= 4 is 55.6 Å². The van der Waals surface area contributed by atoms with Gasteiger partial charge in [-0.3, -0.25) is 0 Å². The summed E-state index contributed by atoms with van der Waals surface area (Å²) in [5.74, 6) is 0. The molecule has 1 heterocycles. The number of nitrogens with zero attached hydrogens (tertiary/aromatic N) is 2. The second kappa shape index (κ2) is 17.6. The standard InChI is InChI=1S/C68H48N2/c1-3-20-47(21-4-1)50-25-19-26-55(43-50)69(66-35-16-13-32-62(66)60-30-10-9-27-57(60)49-22-5-2-6-23-49)54-40-38-48(39-41-54)52-42-53(65-46-51-24-7-8-28-58(51)59-29-11-12-31-61(59)65)45-56(44-52)70-67-36-17-14-33-63(67)64-34-15-18-37-68(64)70/h1-17,19-36,38-46H,18,37H2. The van der Waals surface area contributed by atoms with Crippen LogP contribution in [0.2, 0.25) is 0 Å². The van der Waals surface area contributed by atoms with Crippen LogP contribution in [-0.4, -0.2) is 4.57 Å². The second-order valence-electron chi connectivity index (χ2n) is 18.3. The van der Waals surface area contributed by atoms with Gasteiger partial charge in [-0.05, 0) is 145 Å². The Labute approximate surface area is 409 Å². The average molecular weight is 893 g/mol. The molecule has 330 valence electrons. The number of anilines is 3. The Kier molecular flexibility index (Phi) is 10.4. The van der Waals surface area contributed by atoms with E-state index < -0.39 is 0 Å². The molecule has 0 saturated heterocycles. The van der Waals surface area contributed by atoms with Crippen molar-refractivity contribution in [3.05, 3.63) is 272 Å². The van der Waals surface area contributed by atoms with Gasteiger partial charge in [0.1, 0.15) is 0 Å². The third kappa shape index (κ3) is 7.30. The molecule has 0 saturated carbocycles. The van der Waals surface area contributed by atoms with Gasteiger partial charge in [0.05, 0.1) is 11.2 Å². The fourth-order valence-corrected chi connectivity index (χ4v) is 11.0. The van der Waals surface area contributed by atoms with Crippen molar-refractivity contribution in [1.29, 1.82) is 0 Å². The maximum Gasteiger partial charge on any atom is 0.0540 e. The molecule has 0 N–H and O–H groups in total. The van der Waals surface area contributed by atoms with Crippen LogP contribution in [0.5, 0.6) is 0 Å². The molecule has 2 nitrogen and oxygen atoms in total. The van der Waals surface area contributed by atoms with Gasteiger partial charge >= 0.3 is 0 Å². The lowest BCUT2D eigenvalue weighted by Gasteiger charge is -2.29. The molecule has 0 bridgehead atoms. The molecule has 0 amide bonds. The van der Waals surface area contributed by atoms with E-state index in [0.29, 0.717) is 0 Å². The lowest BCUT2D eigenvalue weighted by atomic mass is 9.91. The van der Waals surface area contributed by atoms with Gasteiger partial charge in [-0.25, -0.2) is 0 Å². The van der Waals surface area contributed by atoms with Gasteiger partial charge in [0.25, 0.3) is 0 Å². The molecule has 70 heavy (non-hydrogen) atoms. The highest BCUT2D eigenvalue weighted by Gasteiger charge is 2.22. The van der Waals surface area contributed by atoms with Gasteiger partial charge in [0, 0.05) is 39.3 Å². The van der Waals surface area contributed by atoms with Crippen LogP contribution in [0.1, 0.15) is 17.7 Å². The highest BCUT2D eigenvalue weighted by atomic mass is 15.1. The first-order valence-electron chi connectivity index (χ1n) is 24.4. The fourth-order valence-electron chi connectivity index (χ4n) is 11.0. The Balaban J connectivity index is 1.00. The van der Waals surface area contributed by atoms with Crippen LogP contribution >= 0.6 is 0 Å². The van der Waals surface area contributed by atoms with Crippen LogP contribution in [0.3, 0.4) is 0 Å². The average Bonchev–Trinajstić information content (AvgIpc) is 3.78. The van der Waals surface area contributed by atoms with Crippen molar-refractivity contribution in [1.82, 2.24) is 4.57 Å². The van der Waals surface area contributed by atoms with E-state index in [1.807, 2.05) is 0 Å². The Morgan fingerprint density at radius 1 is 0.343 bits per heavy atom. The first-order chi connectivity index (χ1) is 34.7. The van der Waals surface area contributed by atoms with Crippen molar-refractivity contribution in [2.75, 3.05) is 4.90 Å². The number of benzene rings is 11. The molecule has 0 unspecified atom stereocenters. The van der Waals surface area contributed by atoms with E-state index in [9.17, 15) is 0 Å². The minimum Gasteiger partial charge on any atom is -0.313 e. The predicted molar refractivity (Wildman–Crippen MR) is 298 cm³/mol. The molecule has 0 radical (unpaired) electrons. The molecule has 0 spiro atoms. The summed E-state index contributed by atoms with van der Waals surface area (Å²) in [6.07, 6.45) is 6.67. The summed E-state index contributed by atoms with van der Waals surface area (Å²) in [5, 5.41) is 6.33. The molecular formula is C68H48N2. The summed E-state index contributed by atoms with van der Waals surface area (Å²) in [5.41, 5.74) is 20.2. The van der Waals surface area contributed by atoms with Crippen molar-refractivity contribution < 1.29 is 0 Å². The zero-order valence-corrected chi connectivity index (χ0v) is 38.7. The van der Waals surface area contributed by atoms with E-state index in [0.717, 1.165) is 41.0 Å². The lowest BCUT2D eigenvalue weighted by molar-refractivity contribution is 0.889. The van der Waals surface area contributed by atoms with Gasteiger partial charge in [-0.1, -0.05) is 206 Å². The summed E-state index contributed by atoms with van der Waals surface area (Å²) in [4.78, 5) is 2.43. The Morgan fingerprint density at radius 3 is 1.77 bits per heavy atom. The number of fused-ring (bicyclic) bond motifs is 6. The molecule has 0 atom stereocenters. The maximum absolute atomic E-state index is 2.53. The van der Waals surface area contributed by atoms with Gasteiger partial charge in [-0.2, -0.15) is 0 Å². The molecule has 13 rings (SSSR count). The third-order valence-corrected chi connectivity index (χ3v) is 14.2. The molecule has 11 aromatic carbocycles. The summed E-state index contributed by atoms with van der Waals surface area (Å²) in [7, 11) is 0. The second-order valence-corrected chi connectivity index (χ2v) is 18.3. The molecular weight excluding hydrogens is 845 g/mol. The monoisotopic (exact) mass is 892 g/mol. The molecule has 12 aromatic rings. The molecule has 1 aliphatic rings. The van der Waals surface area contributed by atoms with Gasteiger partial charge in [0.2, 0.25) is 0 Å². The summed E-state index contributed by atoms with van der Waals surface area (Å²) in [6, 6.07) is 93.5. The van der Waals surface area contributed by atoms with E-state index in [1.54, 1.807) is 0 Å². The quantitative estimate of drug-likeness (QED) is 0.131. The van der Waals surface area contributed by atoms with E-state index in [1.165, 1.54) is 93.9 Å². The Morgan fingerprint density at radius 2 is 0.957 bits per heavy atom. The van der Waals surface area contributed by atoms with Crippen LogP contribution in [0.25, 0.3) is 99.8 Å². The molecule has 0 fully saturated rings. The minimum absolute atomic E-state index is 0.992. The zero-order chi connectivity index (χ0) is 46.4. The summed E-state index contributed by atoms with van der Waals surface area (Å²) >= 11 is 0. The van der Waals surface area contributed by atoms with Crippen LogP contribution in [0, 0.1) is 0 Å². The number of aromatic nitrogens is 1. The molecule has 1 aliphatic carbocycles. The van der Waals surface area contributed by atoms with E-state index in [2.05, 4.69) is 276 Å². The highest BCUT2D eigenvalue weighted by Crippen LogP contribution is 2.46. The molecule has 0 aliphatic heterocycles. The van der Waals surface area contributed by atoms with Gasteiger partial charge < -0.3 is 9.47 Å². The zero-order valence-electron chi connectivity index (χ0n) is 38.7. The SMILES string of the molecule is C1=Cc2c(n(-c3cc(-c4ccc(N(c5cccc(-c6ccccc6)c5)c5ccccc5-c5ccccc5-c5ccccc5)cc4)cc(-c4cc5ccccc5c5ccccc45)c3)c3ccccc23)CC1. The number of para-hydroxylation sites is 2. The van der Waals surface area contributed by atoms with Crippen molar-refractivity contribution in [3.8, 4) is 61.3 Å². The topological polar surface area (TPSA) is 8.17 Å². The number of hydrogen-bond donors (Lipinski definition) is 0. The third-order valence-electron chi connectivity index (χ3n) is 14.2. The number of hydrogen-bond acceptors (Lipinski definition) is 1. The predicted octanol–water partition coefficient (Wildman–Crippen LogP) is 18.7. The fraction of sp³-hybridized carbons (Fsp3) is 0.0294. The molecule has 1 aromatic heterocycles. The van der Waals surface area contributed by atoms with Crippen molar-refractivity contribution in [3.63, 3.8) is 0 Å². The Hall–Kier alpha value is -8.98. The normalized spacial score (nSPS) is 12.1. The molecule has 2 heteroatoms. The largest absolute Gasteiger partial charge is 0.313 e.